The van der Waals surface area contributed by atoms with Crippen LogP contribution in [0.4, 0.5) is 0 Å². The van der Waals surface area contributed by atoms with Crippen molar-refractivity contribution in [3.05, 3.63) is 71.3 Å². The molecule has 0 spiro atoms. The molecule has 2 aromatic rings. The Balaban J connectivity index is 1.86. The quantitative estimate of drug-likeness (QED) is 0.855. The molecule has 0 bridgehead atoms. The van der Waals surface area contributed by atoms with Gasteiger partial charge in [-0.25, -0.2) is 0 Å². The van der Waals surface area contributed by atoms with Crippen molar-refractivity contribution in [1.82, 2.24) is 5.32 Å². The standard InChI is InChI=1S/C18H20N2O/c1-14(18(21)11-15-6-3-2-4-7-15)20-13-17-9-5-8-16(10-17)12-19/h2-10,14,18,20-21H,11,13H2,1H3. The molecule has 0 aliphatic carbocycles. The van der Waals surface area contributed by atoms with Gasteiger partial charge in [-0.1, -0.05) is 42.5 Å². The molecule has 0 aromatic heterocycles. The summed E-state index contributed by atoms with van der Waals surface area (Å²) < 4.78 is 0. The Kier molecular flexibility index (Phi) is 5.51. The second kappa shape index (κ2) is 7.58. The van der Waals surface area contributed by atoms with E-state index in [1.165, 1.54) is 0 Å². The maximum atomic E-state index is 10.2. The van der Waals surface area contributed by atoms with E-state index in [9.17, 15) is 5.11 Å². The predicted octanol–water partition coefficient (Wildman–Crippen LogP) is 2.64. The summed E-state index contributed by atoms with van der Waals surface area (Å²) in [5.41, 5.74) is 2.84. The van der Waals surface area contributed by atoms with E-state index in [0.29, 0.717) is 18.5 Å². The maximum absolute atomic E-state index is 10.2. The van der Waals surface area contributed by atoms with E-state index in [2.05, 4.69) is 11.4 Å². The normalized spacial score (nSPS) is 13.4. The third-order valence-electron chi connectivity index (χ3n) is 3.55. The van der Waals surface area contributed by atoms with Crippen molar-refractivity contribution >= 4 is 0 Å². The molecule has 0 aliphatic heterocycles. The first-order chi connectivity index (χ1) is 10.2. The Morgan fingerprint density at radius 2 is 1.81 bits per heavy atom. The molecule has 108 valence electrons. The third kappa shape index (κ3) is 4.71. The van der Waals surface area contributed by atoms with E-state index in [-0.39, 0.29) is 6.04 Å². The second-order valence-corrected chi connectivity index (χ2v) is 5.24. The minimum Gasteiger partial charge on any atom is -0.391 e. The van der Waals surface area contributed by atoms with Crippen LogP contribution < -0.4 is 5.32 Å². The van der Waals surface area contributed by atoms with Gasteiger partial charge in [-0.2, -0.15) is 5.26 Å². The van der Waals surface area contributed by atoms with E-state index < -0.39 is 6.10 Å². The molecule has 0 heterocycles. The van der Waals surface area contributed by atoms with E-state index in [1.54, 1.807) is 6.07 Å². The molecular formula is C18H20N2O. The molecule has 21 heavy (non-hydrogen) atoms. The third-order valence-corrected chi connectivity index (χ3v) is 3.55. The zero-order valence-corrected chi connectivity index (χ0v) is 12.2. The summed E-state index contributed by atoms with van der Waals surface area (Å²) >= 11 is 0. The zero-order chi connectivity index (χ0) is 15.1. The van der Waals surface area contributed by atoms with Crippen LogP contribution in [0.3, 0.4) is 0 Å². The van der Waals surface area contributed by atoms with Crippen LogP contribution in [0.15, 0.2) is 54.6 Å². The molecule has 0 saturated heterocycles. The summed E-state index contributed by atoms with van der Waals surface area (Å²) in [5, 5.41) is 22.4. The summed E-state index contributed by atoms with van der Waals surface area (Å²) in [4.78, 5) is 0. The topological polar surface area (TPSA) is 56.0 Å². The van der Waals surface area contributed by atoms with Crippen molar-refractivity contribution in [1.29, 1.82) is 5.26 Å². The molecule has 0 saturated carbocycles. The van der Waals surface area contributed by atoms with Crippen LogP contribution in [-0.2, 0) is 13.0 Å². The summed E-state index contributed by atoms with van der Waals surface area (Å²) in [6.07, 6.45) is 0.194. The summed E-state index contributed by atoms with van der Waals surface area (Å²) in [6.45, 7) is 2.62. The minimum absolute atomic E-state index is 0.0176. The van der Waals surface area contributed by atoms with Gasteiger partial charge in [0.2, 0.25) is 0 Å². The highest BCUT2D eigenvalue weighted by atomic mass is 16.3. The van der Waals surface area contributed by atoms with Gasteiger partial charge >= 0.3 is 0 Å². The number of aliphatic hydroxyl groups is 1. The number of nitrogens with zero attached hydrogens (tertiary/aromatic N) is 1. The van der Waals surface area contributed by atoms with Crippen molar-refractivity contribution in [2.45, 2.75) is 32.0 Å². The first-order valence-corrected chi connectivity index (χ1v) is 7.13. The number of rotatable bonds is 6. The molecule has 0 amide bonds. The first kappa shape index (κ1) is 15.2. The summed E-state index contributed by atoms with van der Waals surface area (Å²) in [6, 6.07) is 19.6. The van der Waals surface area contributed by atoms with Gasteiger partial charge in [0.25, 0.3) is 0 Å². The molecule has 0 fully saturated rings. The van der Waals surface area contributed by atoms with E-state index in [4.69, 9.17) is 5.26 Å². The largest absolute Gasteiger partial charge is 0.391 e. The molecule has 0 aliphatic rings. The minimum atomic E-state index is -0.438. The van der Waals surface area contributed by atoms with Crippen molar-refractivity contribution in [3.8, 4) is 6.07 Å². The number of hydrogen-bond acceptors (Lipinski definition) is 3. The molecule has 2 aromatic carbocycles. The van der Waals surface area contributed by atoms with Crippen LogP contribution in [0.25, 0.3) is 0 Å². The summed E-state index contributed by atoms with van der Waals surface area (Å²) in [5.74, 6) is 0. The molecule has 2 unspecified atom stereocenters. The Bertz CT molecular complexity index is 604. The average molecular weight is 280 g/mol. The number of nitriles is 1. The van der Waals surface area contributed by atoms with Crippen LogP contribution in [0.2, 0.25) is 0 Å². The van der Waals surface area contributed by atoms with Gasteiger partial charge in [0.05, 0.1) is 17.7 Å². The Morgan fingerprint density at radius 1 is 1.10 bits per heavy atom. The monoisotopic (exact) mass is 280 g/mol. The van der Waals surface area contributed by atoms with Crippen LogP contribution in [-0.4, -0.2) is 17.3 Å². The first-order valence-electron chi connectivity index (χ1n) is 7.13. The van der Waals surface area contributed by atoms with Gasteiger partial charge in [-0.15, -0.1) is 0 Å². The van der Waals surface area contributed by atoms with Gasteiger partial charge in [0, 0.05) is 12.6 Å². The lowest BCUT2D eigenvalue weighted by Crippen LogP contribution is -2.38. The second-order valence-electron chi connectivity index (χ2n) is 5.24. The SMILES string of the molecule is CC(NCc1cccc(C#N)c1)C(O)Cc1ccccc1. The lowest BCUT2D eigenvalue weighted by molar-refractivity contribution is 0.134. The predicted molar refractivity (Wildman–Crippen MR) is 83.6 cm³/mol. The average Bonchev–Trinajstić information content (AvgIpc) is 2.53. The van der Waals surface area contributed by atoms with Crippen LogP contribution in [0.1, 0.15) is 23.6 Å². The fourth-order valence-electron chi connectivity index (χ4n) is 2.20. The molecule has 0 radical (unpaired) electrons. The highest BCUT2D eigenvalue weighted by molar-refractivity contribution is 5.32. The fraction of sp³-hybridized carbons (Fsp3) is 0.278. The number of benzene rings is 2. The van der Waals surface area contributed by atoms with Crippen LogP contribution in [0, 0.1) is 11.3 Å². The van der Waals surface area contributed by atoms with Gasteiger partial charge in [0.1, 0.15) is 0 Å². The Hall–Kier alpha value is -2.15. The lowest BCUT2D eigenvalue weighted by Gasteiger charge is -2.20. The molecule has 2 N–H and O–H groups in total. The maximum Gasteiger partial charge on any atom is 0.0991 e. The highest BCUT2D eigenvalue weighted by Crippen LogP contribution is 2.08. The van der Waals surface area contributed by atoms with Gasteiger partial charge in [0.15, 0.2) is 0 Å². The number of nitrogens with one attached hydrogen (secondary N) is 1. The van der Waals surface area contributed by atoms with Crippen molar-refractivity contribution in [3.63, 3.8) is 0 Å². The van der Waals surface area contributed by atoms with Crippen molar-refractivity contribution in [2.75, 3.05) is 0 Å². The molecule has 2 rings (SSSR count). The summed E-state index contributed by atoms with van der Waals surface area (Å²) in [7, 11) is 0. The Morgan fingerprint density at radius 3 is 2.52 bits per heavy atom. The van der Waals surface area contributed by atoms with Crippen LogP contribution in [0.5, 0.6) is 0 Å². The zero-order valence-electron chi connectivity index (χ0n) is 12.2. The lowest BCUT2D eigenvalue weighted by atomic mass is 10.0. The van der Waals surface area contributed by atoms with Crippen LogP contribution >= 0.6 is 0 Å². The number of hydrogen-bond donors (Lipinski definition) is 2. The smallest absolute Gasteiger partial charge is 0.0991 e. The molecule has 3 heteroatoms. The molecular weight excluding hydrogens is 260 g/mol. The molecule has 3 nitrogen and oxygen atoms in total. The van der Waals surface area contributed by atoms with Crippen molar-refractivity contribution in [2.24, 2.45) is 0 Å². The van der Waals surface area contributed by atoms with Gasteiger partial charge in [-0.05, 0) is 36.6 Å². The van der Waals surface area contributed by atoms with Gasteiger partial charge < -0.3 is 10.4 Å². The van der Waals surface area contributed by atoms with Gasteiger partial charge in [-0.3, -0.25) is 0 Å². The van der Waals surface area contributed by atoms with E-state index in [0.717, 1.165) is 11.1 Å². The fourth-order valence-corrected chi connectivity index (χ4v) is 2.20. The Labute approximate surface area is 125 Å². The highest BCUT2D eigenvalue weighted by Gasteiger charge is 2.14. The molecule has 2 atom stereocenters. The van der Waals surface area contributed by atoms with E-state index >= 15 is 0 Å². The van der Waals surface area contributed by atoms with E-state index in [1.807, 2.05) is 55.5 Å². The number of aliphatic hydroxyl groups excluding tert-OH is 1. The van der Waals surface area contributed by atoms with Crippen molar-refractivity contribution < 1.29 is 5.11 Å².